The number of rotatable bonds is 5. The van der Waals surface area contributed by atoms with Gasteiger partial charge in [-0.15, -0.1) is 0 Å². The summed E-state index contributed by atoms with van der Waals surface area (Å²) in [4.78, 5) is 26.9. The molecule has 0 bridgehead atoms. The summed E-state index contributed by atoms with van der Waals surface area (Å²) in [5.74, 6) is -0.0582. The SMILES string of the molecule is COCCn1cc2c3c(cccc31)NC1=C(C(=O)N(C(C)=O)C1)C2c1ccc(OC)cc1. The highest BCUT2D eigenvalue weighted by Gasteiger charge is 2.41. The van der Waals surface area contributed by atoms with Crippen LogP contribution in [0.2, 0.25) is 0 Å². The summed E-state index contributed by atoms with van der Waals surface area (Å²) in [7, 11) is 3.32. The smallest absolute Gasteiger partial charge is 0.259 e. The molecule has 0 fully saturated rings. The average molecular weight is 431 g/mol. The molecule has 3 heterocycles. The van der Waals surface area contributed by atoms with Gasteiger partial charge in [-0.2, -0.15) is 0 Å². The van der Waals surface area contributed by atoms with Gasteiger partial charge in [0.25, 0.3) is 5.91 Å². The summed E-state index contributed by atoms with van der Waals surface area (Å²) in [6.07, 6.45) is 2.11. The first-order valence-corrected chi connectivity index (χ1v) is 10.6. The van der Waals surface area contributed by atoms with Crippen molar-refractivity contribution in [2.45, 2.75) is 19.4 Å². The Labute approximate surface area is 186 Å². The number of carbonyl (C=O) groups is 2. The molecule has 0 radical (unpaired) electrons. The number of anilines is 1. The van der Waals surface area contributed by atoms with E-state index in [0.717, 1.165) is 39.2 Å². The van der Waals surface area contributed by atoms with Gasteiger partial charge in [0, 0.05) is 49.5 Å². The van der Waals surface area contributed by atoms with Crippen LogP contribution in [0.4, 0.5) is 5.69 Å². The van der Waals surface area contributed by atoms with E-state index < -0.39 is 0 Å². The third-order valence-electron chi connectivity index (χ3n) is 6.30. The highest BCUT2D eigenvalue weighted by Crippen LogP contribution is 2.46. The topological polar surface area (TPSA) is 72.8 Å². The first-order valence-electron chi connectivity index (χ1n) is 10.6. The van der Waals surface area contributed by atoms with Crippen LogP contribution in [-0.4, -0.2) is 48.7 Å². The third-order valence-corrected chi connectivity index (χ3v) is 6.30. The van der Waals surface area contributed by atoms with Crippen molar-refractivity contribution < 1.29 is 19.1 Å². The van der Waals surface area contributed by atoms with E-state index in [4.69, 9.17) is 9.47 Å². The number of amides is 2. The van der Waals surface area contributed by atoms with Crippen LogP contribution in [0.25, 0.3) is 10.9 Å². The lowest BCUT2D eigenvalue weighted by molar-refractivity contribution is -0.139. The first kappa shape index (κ1) is 20.3. The second-order valence-electron chi connectivity index (χ2n) is 8.10. The van der Waals surface area contributed by atoms with Gasteiger partial charge in [-0.05, 0) is 35.4 Å². The molecule has 2 amide bonds. The summed E-state index contributed by atoms with van der Waals surface area (Å²) < 4.78 is 12.8. The van der Waals surface area contributed by atoms with Gasteiger partial charge in [-0.1, -0.05) is 18.2 Å². The van der Waals surface area contributed by atoms with Gasteiger partial charge in [0.15, 0.2) is 0 Å². The maximum absolute atomic E-state index is 13.4. The summed E-state index contributed by atoms with van der Waals surface area (Å²) in [6, 6.07) is 13.9. The molecule has 0 saturated carbocycles. The minimum Gasteiger partial charge on any atom is -0.497 e. The zero-order valence-corrected chi connectivity index (χ0v) is 18.3. The molecule has 2 aliphatic heterocycles. The summed E-state index contributed by atoms with van der Waals surface area (Å²) in [5, 5.41) is 4.57. The number of carbonyl (C=O) groups excluding carboxylic acids is 2. The van der Waals surface area contributed by atoms with E-state index in [0.29, 0.717) is 18.7 Å². The quantitative estimate of drug-likeness (QED) is 0.670. The molecule has 7 heteroatoms. The van der Waals surface area contributed by atoms with Crippen LogP contribution in [0.1, 0.15) is 24.0 Å². The monoisotopic (exact) mass is 431 g/mol. The molecule has 0 spiro atoms. The Kier molecular flexibility index (Phi) is 4.98. The third kappa shape index (κ3) is 3.08. The summed E-state index contributed by atoms with van der Waals surface area (Å²) >= 11 is 0. The molecular formula is C25H25N3O4. The minimum atomic E-state index is -0.310. The number of methoxy groups -OCH3 is 2. The number of ether oxygens (including phenoxy) is 2. The van der Waals surface area contributed by atoms with E-state index in [-0.39, 0.29) is 24.3 Å². The molecule has 1 atom stereocenters. The molecule has 7 nitrogen and oxygen atoms in total. The van der Waals surface area contributed by atoms with E-state index in [9.17, 15) is 9.59 Å². The molecule has 2 aliphatic rings. The Morgan fingerprint density at radius 1 is 1.16 bits per heavy atom. The van der Waals surface area contributed by atoms with Gasteiger partial charge in [0.2, 0.25) is 5.91 Å². The van der Waals surface area contributed by atoms with Gasteiger partial charge in [-0.25, -0.2) is 0 Å². The van der Waals surface area contributed by atoms with Crippen LogP contribution in [-0.2, 0) is 20.9 Å². The Morgan fingerprint density at radius 3 is 2.62 bits per heavy atom. The maximum Gasteiger partial charge on any atom is 0.259 e. The number of imide groups is 1. The Balaban J connectivity index is 1.75. The molecular weight excluding hydrogens is 406 g/mol. The van der Waals surface area contributed by atoms with Crippen LogP contribution in [0, 0.1) is 0 Å². The second-order valence-corrected chi connectivity index (χ2v) is 8.10. The molecule has 1 N–H and O–H groups in total. The fourth-order valence-corrected chi connectivity index (χ4v) is 4.79. The standard InChI is InChI=1S/C25H25N3O4/c1-15(29)28-14-20-24(25(28)30)22(16-7-9-17(32-3)10-8-16)18-13-27(11-12-31-2)21-6-4-5-19(26-20)23(18)21/h4-10,13,22,26H,11-12,14H2,1-3H3. The fourth-order valence-electron chi connectivity index (χ4n) is 4.79. The van der Waals surface area contributed by atoms with Crippen molar-refractivity contribution >= 4 is 28.4 Å². The van der Waals surface area contributed by atoms with Gasteiger partial charge in [0.1, 0.15) is 5.75 Å². The van der Waals surface area contributed by atoms with Crippen LogP contribution in [0.15, 0.2) is 59.9 Å². The van der Waals surface area contributed by atoms with Gasteiger partial charge >= 0.3 is 0 Å². The number of benzene rings is 2. The number of hydrogen-bond donors (Lipinski definition) is 1. The van der Waals surface area contributed by atoms with E-state index in [2.05, 4.69) is 22.1 Å². The minimum absolute atomic E-state index is 0.244. The molecule has 1 aromatic heterocycles. The van der Waals surface area contributed by atoms with Crippen molar-refractivity contribution in [2.24, 2.45) is 0 Å². The normalized spacial score (nSPS) is 17.4. The zero-order chi connectivity index (χ0) is 22.4. The van der Waals surface area contributed by atoms with E-state index in [1.807, 2.05) is 36.4 Å². The van der Waals surface area contributed by atoms with Crippen molar-refractivity contribution in [3.8, 4) is 5.75 Å². The summed E-state index contributed by atoms with van der Waals surface area (Å²) in [6.45, 7) is 2.96. The predicted molar refractivity (Wildman–Crippen MR) is 122 cm³/mol. The Bertz CT molecular complexity index is 1260. The van der Waals surface area contributed by atoms with Crippen LogP contribution in [0.3, 0.4) is 0 Å². The van der Waals surface area contributed by atoms with Crippen molar-refractivity contribution in [1.29, 1.82) is 0 Å². The van der Waals surface area contributed by atoms with Crippen molar-refractivity contribution in [3.05, 3.63) is 71.1 Å². The molecule has 2 aromatic carbocycles. The van der Waals surface area contributed by atoms with Gasteiger partial charge in [-0.3, -0.25) is 14.5 Å². The van der Waals surface area contributed by atoms with Crippen LogP contribution < -0.4 is 10.1 Å². The highest BCUT2D eigenvalue weighted by atomic mass is 16.5. The number of nitrogens with zero attached hydrogens (tertiary/aromatic N) is 2. The summed E-state index contributed by atoms with van der Waals surface area (Å²) in [5.41, 5.74) is 5.42. The van der Waals surface area contributed by atoms with Crippen molar-refractivity contribution in [2.75, 3.05) is 32.7 Å². The first-order chi connectivity index (χ1) is 15.5. The fraction of sp³-hybridized carbons (Fsp3) is 0.280. The lowest BCUT2D eigenvalue weighted by Gasteiger charge is -2.19. The number of nitrogens with one attached hydrogen (secondary N) is 1. The second kappa shape index (κ2) is 7.84. The lowest BCUT2D eigenvalue weighted by atomic mass is 9.84. The lowest BCUT2D eigenvalue weighted by Crippen LogP contribution is -2.33. The van der Waals surface area contributed by atoms with Crippen LogP contribution >= 0.6 is 0 Å². The van der Waals surface area contributed by atoms with Gasteiger partial charge < -0.3 is 19.4 Å². The molecule has 164 valence electrons. The molecule has 5 rings (SSSR count). The van der Waals surface area contributed by atoms with Gasteiger partial charge in [0.05, 0.1) is 31.4 Å². The number of hydrogen-bond acceptors (Lipinski definition) is 5. The van der Waals surface area contributed by atoms with Crippen molar-refractivity contribution in [1.82, 2.24) is 9.47 Å². The van der Waals surface area contributed by atoms with E-state index in [1.165, 1.54) is 11.8 Å². The average Bonchev–Trinajstić information content (AvgIpc) is 3.28. The van der Waals surface area contributed by atoms with Crippen molar-refractivity contribution in [3.63, 3.8) is 0 Å². The Morgan fingerprint density at radius 2 is 1.94 bits per heavy atom. The molecule has 3 aromatic rings. The van der Waals surface area contributed by atoms with Crippen LogP contribution in [0.5, 0.6) is 5.75 Å². The maximum atomic E-state index is 13.4. The molecule has 0 aliphatic carbocycles. The number of aromatic nitrogens is 1. The molecule has 0 saturated heterocycles. The molecule has 32 heavy (non-hydrogen) atoms. The molecule has 1 unspecified atom stereocenters. The Hall–Kier alpha value is -3.58. The largest absolute Gasteiger partial charge is 0.497 e. The highest BCUT2D eigenvalue weighted by molar-refractivity contribution is 6.11. The zero-order valence-electron chi connectivity index (χ0n) is 18.3. The van der Waals surface area contributed by atoms with E-state index >= 15 is 0 Å². The predicted octanol–water partition coefficient (Wildman–Crippen LogP) is 3.50. The van der Waals surface area contributed by atoms with E-state index in [1.54, 1.807) is 14.2 Å².